The van der Waals surface area contributed by atoms with Crippen LogP contribution in [0.2, 0.25) is 0 Å². The van der Waals surface area contributed by atoms with Gasteiger partial charge in [-0.3, -0.25) is 0 Å². The molecule has 1 nitrogen and oxygen atoms in total. The van der Waals surface area contributed by atoms with Gasteiger partial charge in [-0.2, -0.15) is 0 Å². The lowest BCUT2D eigenvalue weighted by atomic mass is 9.79. The fourth-order valence-corrected chi connectivity index (χ4v) is 1.77. The minimum absolute atomic E-state index is 0.463. The summed E-state index contributed by atoms with van der Waals surface area (Å²) in [4.78, 5) is 2.30. The number of nitrogens with zero attached hydrogens (tertiary/aromatic N) is 1. The van der Waals surface area contributed by atoms with Gasteiger partial charge in [0.25, 0.3) is 0 Å². The van der Waals surface area contributed by atoms with E-state index in [-0.39, 0.29) is 0 Å². The summed E-state index contributed by atoms with van der Waals surface area (Å²) in [5.41, 5.74) is 0.463. The van der Waals surface area contributed by atoms with Crippen LogP contribution in [0.3, 0.4) is 0 Å². The maximum Gasteiger partial charge on any atom is 0.000620 e. The van der Waals surface area contributed by atoms with Gasteiger partial charge in [0.15, 0.2) is 0 Å². The van der Waals surface area contributed by atoms with E-state index >= 15 is 0 Å². The van der Waals surface area contributed by atoms with Gasteiger partial charge in [-0.25, -0.2) is 0 Å². The zero-order valence-corrected chi connectivity index (χ0v) is 10.5. The zero-order valence-electron chi connectivity index (χ0n) is 10.5. The van der Waals surface area contributed by atoms with Crippen molar-refractivity contribution in [3.63, 3.8) is 0 Å². The predicted octanol–water partition coefficient (Wildman–Crippen LogP) is 3.26. The second kappa shape index (κ2) is 4.99. The van der Waals surface area contributed by atoms with E-state index in [1.807, 2.05) is 0 Å². The van der Waals surface area contributed by atoms with Crippen LogP contribution in [0.5, 0.6) is 0 Å². The first-order valence-corrected chi connectivity index (χ1v) is 5.37. The van der Waals surface area contributed by atoms with Crippen molar-refractivity contribution in [3.8, 4) is 0 Å². The van der Waals surface area contributed by atoms with Crippen molar-refractivity contribution in [3.05, 3.63) is 0 Å². The van der Waals surface area contributed by atoms with Crippen molar-refractivity contribution >= 4 is 0 Å². The molecule has 0 rings (SSSR count). The van der Waals surface area contributed by atoms with E-state index in [1.54, 1.807) is 0 Å². The average molecular weight is 185 g/mol. The Morgan fingerprint density at radius 2 is 1.54 bits per heavy atom. The highest BCUT2D eigenvalue weighted by atomic mass is 15.1. The highest BCUT2D eigenvalue weighted by Crippen LogP contribution is 2.28. The van der Waals surface area contributed by atoms with E-state index in [0.717, 1.165) is 11.8 Å². The normalized spacial score (nSPS) is 15.5. The summed E-state index contributed by atoms with van der Waals surface area (Å²) in [7, 11) is 4.33. The first-order valence-electron chi connectivity index (χ1n) is 5.37. The maximum absolute atomic E-state index is 2.33. The molecule has 0 saturated heterocycles. The van der Waals surface area contributed by atoms with Gasteiger partial charge in [0.05, 0.1) is 0 Å². The van der Waals surface area contributed by atoms with Crippen molar-refractivity contribution in [1.82, 2.24) is 4.90 Å². The van der Waals surface area contributed by atoms with Gasteiger partial charge in [0.2, 0.25) is 0 Å². The smallest absolute Gasteiger partial charge is 0.000620 e. The van der Waals surface area contributed by atoms with Crippen molar-refractivity contribution in [1.29, 1.82) is 0 Å². The van der Waals surface area contributed by atoms with Crippen LogP contribution >= 0.6 is 0 Å². The first kappa shape index (κ1) is 13.0. The molecule has 0 spiro atoms. The largest absolute Gasteiger partial charge is 0.309 e. The molecule has 0 aromatic carbocycles. The molecule has 0 bridgehead atoms. The molecular weight excluding hydrogens is 158 g/mol. The predicted molar refractivity (Wildman–Crippen MR) is 61.0 cm³/mol. The molecule has 0 aliphatic rings. The second-order valence-electron chi connectivity index (χ2n) is 6.03. The minimum atomic E-state index is 0.463. The molecule has 0 heterocycles. The minimum Gasteiger partial charge on any atom is -0.309 e. The Hall–Kier alpha value is -0.0400. The first-order chi connectivity index (χ1) is 5.72. The lowest BCUT2D eigenvalue weighted by Gasteiger charge is -2.30. The highest BCUT2D eigenvalue weighted by Gasteiger charge is 2.21. The van der Waals surface area contributed by atoms with Crippen LogP contribution in [0.15, 0.2) is 0 Å². The van der Waals surface area contributed by atoms with Gasteiger partial charge in [0, 0.05) is 6.54 Å². The lowest BCUT2D eigenvalue weighted by Crippen LogP contribution is -2.28. The van der Waals surface area contributed by atoms with Crippen molar-refractivity contribution in [2.24, 2.45) is 17.3 Å². The lowest BCUT2D eigenvalue weighted by molar-refractivity contribution is 0.194. The molecular formula is C12H27N. The summed E-state index contributed by atoms with van der Waals surface area (Å²) in [5.74, 6) is 1.62. The number of rotatable bonds is 4. The molecule has 80 valence electrons. The maximum atomic E-state index is 2.33. The van der Waals surface area contributed by atoms with E-state index in [0.29, 0.717) is 5.41 Å². The Kier molecular flexibility index (Phi) is 4.98. The summed E-state index contributed by atoms with van der Waals surface area (Å²) in [6, 6.07) is 0. The van der Waals surface area contributed by atoms with E-state index < -0.39 is 0 Å². The van der Waals surface area contributed by atoms with Crippen LogP contribution in [-0.2, 0) is 0 Å². The molecule has 0 aromatic heterocycles. The Balaban J connectivity index is 4.11. The van der Waals surface area contributed by atoms with Crippen LogP contribution in [0.25, 0.3) is 0 Å². The standard InChI is InChI=1S/C12H27N/c1-10(2)11(9-13(6)7)8-12(3,4)5/h10-11H,8-9H2,1-7H3. The van der Waals surface area contributed by atoms with Crippen LogP contribution < -0.4 is 0 Å². The van der Waals surface area contributed by atoms with Gasteiger partial charge in [-0.05, 0) is 37.8 Å². The van der Waals surface area contributed by atoms with Crippen molar-refractivity contribution < 1.29 is 0 Å². The molecule has 0 aliphatic heterocycles. The molecule has 0 N–H and O–H groups in total. The molecule has 13 heavy (non-hydrogen) atoms. The fraction of sp³-hybridized carbons (Fsp3) is 1.00. The Morgan fingerprint density at radius 1 is 1.08 bits per heavy atom. The molecule has 1 unspecified atom stereocenters. The molecule has 1 heteroatoms. The molecule has 1 atom stereocenters. The van der Waals surface area contributed by atoms with Crippen molar-refractivity contribution in [2.45, 2.75) is 41.0 Å². The van der Waals surface area contributed by atoms with E-state index in [1.165, 1.54) is 13.0 Å². The van der Waals surface area contributed by atoms with Gasteiger partial charge in [-0.1, -0.05) is 34.6 Å². The van der Waals surface area contributed by atoms with Crippen LogP contribution in [0.4, 0.5) is 0 Å². The third kappa shape index (κ3) is 7.06. The third-order valence-corrected chi connectivity index (χ3v) is 2.42. The zero-order chi connectivity index (χ0) is 10.6. The molecule has 0 radical (unpaired) electrons. The Morgan fingerprint density at radius 3 is 1.77 bits per heavy atom. The summed E-state index contributed by atoms with van der Waals surface area (Å²) in [5, 5.41) is 0. The van der Waals surface area contributed by atoms with Crippen LogP contribution in [0.1, 0.15) is 41.0 Å². The molecule has 0 fully saturated rings. The van der Waals surface area contributed by atoms with E-state index in [2.05, 4.69) is 53.6 Å². The summed E-state index contributed by atoms with van der Waals surface area (Å²) in [6.07, 6.45) is 1.32. The van der Waals surface area contributed by atoms with E-state index in [9.17, 15) is 0 Å². The van der Waals surface area contributed by atoms with Crippen LogP contribution in [0, 0.1) is 17.3 Å². The highest BCUT2D eigenvalue weighted by molar-refractivity contribution is 4.73. The SMILES string of the molecule is CC(C)C(CN(C)C)CC(C)(C)C. The van der Waals surface area contributed by atoms with Gasteiger partial charge in [-0.15, -0.1) is 0 Å². The van der Waals surface area contributed by atoms with E-state index in [4.69, 9.17) is 0 Å². The average Bonchev–Trinajstić information content (AvgIpc) is 1.81. The second-order valence-corrected chi connectivity index (χ2v) is 6.03. The molecule has 0 aromatic rings. The summed E-state index contributed by atoms with van der Waals surface area (Å²) >= 11 is 0. The van der Waals surface area contributed by atoms with Gasteiger partial charge >= 0.3 is 0 Å². The topological polar surface area (TPSA) is 3.24 Å². The molecule has 0 aliphatic carbocycles. The Bertz CT molecular complexity index is 131. The van der Waals surface area contributed by atoms with Crippen molar-refractivity contribution in [2.75, 3.05) is 20.6 Å². The number of hydrogen-bond donors (Lipinski definition) is 0. The monoisotopic (exact) mass is 185 g/mol. The third-order valence-electron chi connectivity index (χ3n) is 2.42. The molecule has 0 saturated carbocycles. The summed E-state index contributed by atoms with van der Waals surface area (Å²) < 4.78 is 0. The van der Waals surface area contributed by atoms with Gasteiger partial charge < -0.3 is 4.90 Å². The summed E-state index contributed by atoms with van der Waals surface area (Å²) in [6.45, 7) is 12.9. The fourth-order valence-electron chi connectivity index (χ4n) is 1.77. The number of hydrogen-bond acceptors (Lipinski definition) is 1. The van der Waals surface area contributed by atoms with Gasteiger partial charge in [0.1, 0.15) is 0 Å². The molecule has 0 amide bonds. The van der Waals surface area contributed by atoms with Crippen LogP contribution in [-0.4, -0.2) is 25.5 Å². The Labute approximate surface area is 84.5 Å². The quantitative estimate of drug-likeness (QED) is 0.650.